The van der Waals surface area contributed by atoms with E-state index in [1.807, 2.05) is 62.4 Å². The van der Waals surface area contributed by atoms with Gasteiger partial charge in [-0.05, 0) is 35.8 Å². The Balaban J connectivity index is 1.56. The van der Waals surface area contributed by atoms with E-state index in [9.17, 15) is 33.7 Å². The number of carbonyl (C=O) groups is 4. The molecule has 14 heteroatoms. The lowest BCUT2D eigenvalue weighted by Gasteiger charge is -2.32. The Kier molecular flexibility index (Phi) is 15.5. The number of imidazole rings is 1. The van der Waals surface area contributed by atoms with Crippen LogP contribution in [0.25, 0.3) is 0 Å². The van der Waals surface area contributed by atoms with Crippen molar-refractivity contribution in [2.24, 2.45) is 17.8 Å². The van der Waals surface area contributed by atoms with Gasteiger partial charge in [-0.1, -0.05) is 107 Å². The van der Waals surface area contributed by atoms with Gasteiger partial charge >= 0.3 is 12.1 Å². The summed E-state index contributed by atoms with van der Waals surface area (Å²) in [4.78, 5) is 71.6. The van der Waals surface area contributed by atoms with Gasteiger partial charge in [-0.15, -0.1) is 0 Å². The number of alkyl carbamates (subject to hydrolysis) is 1. The number of aliphatic carboxylic acids is 1. The van der Waals surface area contributed by atoms with E-state index in [0.717, 1.165) is 43.2 Å². The standard InChI is InChI=1S/C38H52N5O8P/c1-26(2)18-30(37(46)47)24-52(49,50)34(20-28-14-8-4-9-15-28)43-36(45)33(21-31-22-39-25-40-31)41-35(44)32(19-27-12-6-3-7-13-27)42-38(48)51-23-29-16-10-5-11-17-29/h3,5-7,10-13,16-17,22,25-26,28,30,32-34H,4,8-9,14-15,18-21,23-24H2,1-2H3,(H,39,40)(H,41,44)(H,42,48)(H,43,45)(H,46,47)(H,49,50)/t30?,32-,33-,34?/m0/s1. The van der Waals surface area contributed by atoms with Gasteiger partial charge in [0.15, 0.2) is 0 Å². The Morgan fingerprint density at radius 2 is 1.50 bits per heavy atom. The fourth-order valence-corrected chi connectivity index (χ4v) is 8.81. The summed E-state index contributed by atoms with van der Waals surface area (Å²) in [6.45, 7) is 3.69. The van der Waals surface area contributed by atoms with Gasteiger partial charge in [0.25, 0.3) is 0 Å². The second kappa shape index (κ2) is 19.9. The van der Waals surface area contributed by atoms with Crippen LogP contribution in [0, 0.1) is 17.8 Å². The molecule has 6 N–H and O–H groups in total. The molecule has 4 rings (SSSR count). The summed E-state index contributed by atoms with van der Waals surface area (Å²) in [5.41, 5.74) is 2.04. The Morgan fingerprint density at radius 1 is 0.885 bits per heavy atom. The Labute approximate surface area is 305 Å². The zero-order chi connectivity index (χ0) is 37.5. The van der Waals surface area contributed by atoms with Gasteiger partial charge in [-0.2, -0.15) is 0 Å². The Morgan fingerprint density at radius 3 is 2.10 bits per heavy atom. The molecule has 3 aromatic rings. The van der Waals surface area contributed by atoms with Crippen LogP contribution in [0.1, 0.15) is 75.6 Å². The molecule has 2 aromatic carbocycles. The Hall–Kier alpha value is -4.48. The van der Waals surface area contributed by atoms with Gasteiger partial charge in [0.2, 0.25) is 19.2 Å². The van der Waals surface area contributed by atoms with E-state index in [1.54, 1.807) is 12.1 Å². The van der Waals surface area contributed by atoms with Crippen molar-refractivity contribution in [3.8, 4) is 0 Å². The van der Waals surface area contributed by atoms with Gasteiger partial charge in [0.1, 0.15) is 24.5 Å². The molecule has 1 aliphatic rings. The SMILES string of the molecule is CC(C)CC(CP(=O)(O)C(CC1CCCCC1)NC(=O)[C@H](Cc1cnc[nH]1)NC(=O)[C@H](Cc1ccccc1)NC(=O)OCc1ccccc1)C(=O)O. The van der Waals surface area contributed by atoms with Crippen LogP contribution in [0.15, 0.2) is 73.2 Å². The number of H-pyrrole nitrogens is 1. The van der Waals surface area contributed by atoms with Gasteiger partial charge < -0.3 is 35.7 Å². The van der Waals surface area contributed by atoms with Gasteiger partial charge in [0.05, 0.1) is 12.2 Å². The monoisotopic (exact) mass is 737 g/mol. The number of carbonyl (C=O) groups excluding carboxylic acids is 3. The predicted octanol–water partition coefficient (Wildman–Crippen LogP) is 5.40. The van der Waals surface area contributed by atoms with E-state index in [-0.39, 0.29) is 44.1 Å². The maximum Gasteiger partial charge on any atom is 0.408 e. The molecule has 1 heterocycles. The number of hydrogen-bond acceptors (Lipinski definition) is 7. The van der Waals surface area contributed by atoms with E-state index in [0.29, 0.717) is 5.69 Å². The maximum absolute atomic E-state index is 14.1. The normalized spacial score (nSPS) is 16.8. The number of carboxylic acids is 1. The van der Waals surface area contributed by atoms with Crippen LogP contribution in [0.2, 0.25) is 0 Å². The largest absolute Gasteiger partial charge is 0.481 e. The zero-order valence-corrected chi connectivity index (χ0v) is 30.8. The van der Waals surface area contributed by atoms with E-state index in [4.69, 9.17) is 4.74 Å². The van der Waals surface area contributed by atoms with Crippen LogP contribution in [-0.4, -0.2) is 67.9 Å². The number of nitrogens with one attached hydrogen (secondary N) is 4. The molecule has 3 unspecified atom stereocenters. The number of aromatic amines is 1. The minimum Gasteiger partial charge on any atom is -0.481 e. The summed E-state index contributed by atoms with van der Waals surface area (Å²) in [5.74, 6) is -4.75. The van der Waals surface area contributed by atoms with Crippen molar-refractivity contribution in [1.29, 1.82) is 0 Å². The van der Waals surface area contributed by atoms with Gasteiger partial charge in [-0.3, -0.25) is 18.9 Å². The molecule has 0 aliphatic heterocycles. The second-order valence-electron chi connectivity index (χ2n) is 14.2. The summed E-state index contributed by atoms with van der Waals surface area (Å²) >= 11 is 0. The molecule has 1 saturated carbocycles. The first kappa shape index (κ1) is 40.3. The predicted molar refractivity (Wildman–Crippen MR) is 196 cm³/mol. The van der Waals surface area contributed by atoms with Crippen LogP contribution in [0.4, 0.5) is 4.79 Å². The highest BCUT2D eigenvalue weighted by molar-refractivity contribution is 7.58. The number of rotatable bonds is 19. The summed E-state index contributed by atoms with van der Waals surface area (Å²) in [6, 6.07) is 15.8. The molecule has 0 saturated heterocycles. The second-order valence-corrected chi connectivity index (χ2v) is 16.7. The maximum atomic E-state index is 14.1. The highest BCUT2D eigenvalue weighted by Crippen LogP contribution is 2.51. The van der Waals surface area contributed by atoms with Crippen molar-refractivity contribution in [3.63, 3.8) is 0 Å². The molecular weight excluding hydrogens is 685 g/mol. The zero-order valence-electron chi connectivity index (χ0n) is 29.9. The quantitative estimate of drug-likeness (QED) is 0.0872. The number of benzene rings is 2. The number of amides is 3. The van der Waals surface area contributed by atoms with Crippen LogP contribution in [0.3, 0.4) is 0 Å². The first-order chi connectivity index (χ1) is 24.9. The molecular formula is C38H52N5O8P. The highest BCUT2D eigenvalue weighted by atomic mass is 31.2. The lowest BCUT2D eigenvalue weighted by Crippen LogP contribution is -2.56. The average molecular weight is 738 g/mol. The Bertz CT molecular complexity index is 1620. The molecule has 5 atom stereocenters. The molecule has 1 aromatic heterocycles. The van der Waals surface area contributed by atoms with Gasteiger partial charge in [0, 0.05) is 30.9 Å². The minimum absolute atomic E-state index is 0.0132. The molecule has 282 valence electrons. The van der Waals surface area contributed by atoms with Crippen molar-refractivity contribution in [2.45, 2.75) is 96.1 Å². The molecule has 0 spiro atoms. The molecule has 13 nitrogen and oxygen atoms in total. The lowest BCUT2D eigenvalue weighted by molar-refractivity contribution is -0.141. The van der Waals surface area contributed by atoms with E-state index in [1.165, 1.54) is 12.5 Å². The summed E-state index contributed by atoms with van der Waals surface area (Å²) in [5, 5.41) is 18.1. The smallest absolute Gasteiger partial charge is 0.408 e. The number of aromatic nitrogens is 2. The average Bonchev–Trinajstić information content (AvgIpc) is 3.64. The molecule has 0 radical (unpaired) electrons. The lowest BCUT2D eigenvalue weighted by atomic mass is 9.87. The van der Waals surface area contributed by atoms with Crippen LogP contribution in [-0.2, 0) is 43.1 Å². The first-order valence-electron chi connectivity index (χ1n) is 18.0. The third kappa shape index (κ3) is 13.2. The van der Waals surface area contributed by atoms with Crippen LogP contribution in [0.5, 0.6) is 0 Å². The molecule has 1 fully saturated rings. The topological polar surface area (TPSA) is 200 Å². The number of hydrogen-bond donors (Lipinski definition) is 6. The number of ether oxygens (including phenoxy) is 1. The molecule has 3 amide bonds. The number of carboxylic acid groups (broad SMARTS) is 1. The third-order valence-corrected chi connectivity index (χ3v) is 11.7. The van der Waals surface area contributed by atoms with Crippen LogP contribution >= 0.6 is 7.37 Å². The molecule has 0 bridgehead atoms. The van der Waals surface area contributed by atoms with Crippen LogP contribution < -0.4 is 16.0 Å². The molecule has 52 heavy (non-hydrogen) atoms. The summed E-state index contributed by atoms with van der Waals surface area (Å²) in [7, 11) is -4.27. The molecule has 1 aliphatic carbocycles. The highest BCUT2D eigenvalue weighted by Gasteiger charge is 2.40. The van der Waals surface area contributed by atoms with Crippen molar-refractivity contribution < 1.29 is 38.5 Å². The van der Waals surface area contributed by atoms with Gasteiger partial charge in [-0.25, -0.2) is 9.78 Å². The van der Waals surface area contributed by atoms with Crippen molar-refractivity contribution in [2.75, 3.05) is 6.16 Å². The van der Waals surface area contributed by atoms with Crippen molar-refractivity contribution in [1.82, 2.24) is 25.9 Å². The van der Waals surface area contributed by atoms with E-state index >= 15 is 0 Å². The van der Waals surface area contributed by atoms with Crippen molar-refractivity contribution in [3.05, 3.63) is 90.0 Å². The summed E-state index contributed by atoms with van der Waals surface area (Å²) in [6.07, 6.45) is 6.79. The fourth-order valence-electron chi connectivity index (χ4n) is 6.66. The third-order valence-electron chi connectivity index (χ3n) is 9.38. The van der Waals surface area contributed by atoms with E-state index < -0.39 is 61.2 Å². The first-order valence-corrected chi connectivity index (χ1v) is 19.9. The minimum atomic E-state index is -4.27. The number of nitrogens with zero attached hydrogens (tertiary/aromatic N) is 1. The van der Waals surface area contributed by atoms with Crippen molar-refractivity contribution >= 4 is 31.2 Å². The fraction of sp³-hybridized carbons (Fsp3) is 0.500. The van der Waals surface area contributed by atoms with E-state index in [2.05, 4.69) is 25.9 Å². The summed E-state index contributed by atoms with van der Waals surface area (Å²) < 4.78 is 19.5.